The molecule has 3 N–H and O–H groups in total. The molecular formula is C11H13N3O4S2. The third-order valence-corrected chi connectivity index (χ3v) is 5.11. The van der Waals surface area contributed by atoms with Gasteiger partial charge in [0.2, 0.25) is 10.0 Å². The van der Waals surface area contributed by atoms with Crippen LogP contribution in [0.25, 0.3) is 0 Å². The molecule has 0 aliphatic heterocycles. The highest BCUT2D eigenvalue weighted by atomic mass is 32.2. The quantitative estimate of drug-likeness (QED) is 0.871. The van der Waals surface area contributed by atoms with Gasteiger partial charge in [-0.3, -0.25) is 4.79 Å². The highest BCUT2D eigenvalue weighted by molar-refractivity contribution is 7.91. The van der Waals surface area contributed by atoms with E-state index in [1.165, 1.54) is 11.4 Å². The smallest absolute Gasteiger partial charge is 0.252 e. The van der Waals surface area contributed by atoms with Crippen LogP contribution in [0.1, 0.15) is 27.4 Å². The van der Waals surface area contributed by atoms with Crippen LogP contribution in [0.3, 0.4) is 0 Å². The first-order valence-electron chi connectivity index (χ1n) is 5.60. The number of nitrogens with zero attached hydrogens (tertiary/aromatic N) is 1. The Hall–Kier alpha value is -1.71. The molecule has 2 aromatic rings. The number of aromatic nitrogens is 1. The monoisotopic (exact) mass is 315 g/mol. The first-order chi connectivity index (χ1) is 9.29. The summed E-state index contributed by atoms with van der Waals surface area (Å²) in [5, 5.41) is 12.9. The zero-order chi connectivity index (χ0) is 14.9. The second kappa shape index (κ2) is 5.35. The Balaban J connectivity index is 2.08. The number of thiophene rings is 1. The van der Waals surface area contributed by atoms with E-state index in [1.807, 2.05) is 0 Å². The summed E-state index contributed by atoms with van der Waals surface area (Å²) in [5.74, 6) is 0.259. The number of carbonyl (C=O) groups excluding carboxylic acids is 1. The van der Waals surface area contributed by atoms with E-state index in [-0.39, 0.29) is 22.2 Å². The minimum atomic E-state index is -3.77. The molecule has 2 heterocycles. The maximum atomic E-state index is 11.9. The third kappa shape index (κ3) is 3.06. The molecule has 0 aromatic carbocycles. The molecule has 7 nitrogen and oxygen atoms in total. The van der Waals surface area contributed by atoms with Crippen LogP contribution in [-0.4, -0.2) is 19.5 Å². The summed E-state index contributed by atoms with van der Waals surface area (Å²) in [7, 11) is -3.77. The minimum Gasteiger partial charge on any atom is -0.361 e. The predicted molar refractivity (Wildman–Crippen MR) is 72.8 cm³/mol. The van der Waals surface area contributed by atoms with Gasteiger partial charge in [-0.05, 0) is 19.9 Å². The standard InChI is InChI=1S/C11H13N3O4S2/c1-6-9(7(2)18-14-6)4-13-11(15)8-3-10(19-5-8)20(12,16)17/h3,5H,4H2,1-2H3,(H,13,15)(H2,12,16,17). The lowest BCUT2D eigenvalue weighted by molar-refractivity contribution is 0.0951. The number of hydrogen-bond donors (Lipinski definition) is 2. The van der Waals surface area contributed by atoms with E-state index in [4.69, 9.17) is 9.66 Å². The van der Waals surface area contributed by atoms with Crippen molar-refractivity contribution in [3.05, 3.63) is 34.0 Å². The molecule has 0 atom stereocenters. The van der Waals surface area contributed by atoms with Gasteiger partial charge >= 0.3 is 0 Å². The lowest BCUT2D eigenvalue weighted by Crippen LogP contribution is -2.22. The summed E-state index contributed by atoms with van der Waals surface area (Å²) in [6.45, 7) is 3.80. The molecule has 0 saturated carbocycles. The predicted octanol–water partition coefficient (Wildman–Crippen LogP) is 0.930. The topological polar surface area (TPSA) is 115 Å². The van der Waals surface area contributed by atoms with Gasteiger partial charge in [-0.25, -0.2) is 13.6 Å². The Morgan fingerprint density at radius 2 is 2.20 bits per heavy atom. The summed E-state index contributed by atoms with van der Waals surface area (Å²) < 4.78 is 27.2. The van der Waals surface area contributed by atoms with Crippen LogP contribution in [0.15, 0.2) is 20.2 Å². The van der Waals surface area contributed by atoms with Crippen molar-refractivity contribution in [1.82, 2.24) is 10.5 Å². The number of aryl methyl sites for hydroxylation is 2. The van der Waals surface area contributed by atoms with Gasteiger partial charge in [0.15, 0.2) is 0 Å². The molecule has 0 unspecified atom stereocenters. The van der Waals surface area contributed by atoms with Crippen molar-refractivity contribution >= 4 is 27.3 Å². The molecule has 108 valence electrons. The zero-order valence-corrected chi connectivity index (χ0v) is 12.5. The maximum Gasteiger partial charge on any atom is 0.252 e. The largest absolute Gasteiger partial charge is 0.361 e. The molecule has 0 aliphatic carbocycles. The molecule has 1 amide bonds. The molecular weight excluding hydrogens is 302 g/mol. The Labute approximate surface area is 119 Å². The number of amides is 1. The molecule has 0 aliphatic rings. The van der Waals surface area contributed by atoms with Crippen molar-refractivity contribution in [2.75, 3.05) is 0 Å². The summed E-state index contributed by atoms with van der Waals surface area (Å²) in [6.07, 6.45) is 0. The molecule has 0 spiro atoms. The van der Waals surface area contributed by atoms with E-state index < -0.39 is 10.0 Å². The third-order valence-electron chi connectivity index (χ3n) is 2.72. The molecule has 0 bridgehead atoms. The van der Waals surface area contributed by atoms with Gasteiger partial charge in [-0.1, -0.05) is 5.16 Å². The Bertz CT molecular complexity index is 726. The summed E-state index contributed by atoms with van der Waals surface area (Å²) >= 11 is 0.910. The van der Waals surface area contributed by atoms with Crippen molar-refractivity contribution in [2.24, 2.45) is 5.14 Å². The lowest BCUT2D eigenvalue weighted by Gasteiger charge is -2.02. The average molecular weight is 315 g/mol. The molecule has 2 rings (SSSR count). The van der Waals surface area contributed by atoms with Gasteiger partial charge in [0, 0.05) is 17.5 Å². The number of primary sulfonamides is 1. The first-order valence-corrected chi connectivity index (χ1v) is 8.03. The van der Waals surface area contributed by atoms with Crippen LogP contribution >= 0.6 is 11.3 Å². The van der Waals surface area contributed by atoms with Crippen molar-refractivity contribution in [3.8, 4) is 0 Å². The van der Waals surface area contributed by atoms with Gasteiger partial charge in [-0.2, -0.15) is 0 Å². The van der Waals surface area contributed by atoms with E-state index in [0.29, 0.717) is 11.5 Å². The fourth-order valence-electron chi connectivity index (χ4n) is 1.61. The number of nitrogens with one attached hydrogen (secondary N) is 1. The van der Waals surface area contributed by atoms with E-state index in [0.717, 1.165) is 16.9 Å². The SMILES string of the molecule is Cc1noc(C)c1CNC(=O)c1csc(S(N)(=O)=O)c1. The van der Waals surface area contributed by atoms with Crippen LogP contribution in [0.4, 0.5) is 0 Å². The van der Waals surface area contributed by atoms with Gasteiger partial charge in [0.25, 0.3) is 5.91 Å². The molecule has 0 saturated heterocycles. The van der Waals surface area contributed by atoms with Gasteiger partial charge in [-0.15, -0.1) is 11.3 Å². The second-order valence-corrected chi connectivity index (χ2v) is 6.88. The number of rotatable bonds is 4. The summed E-state index contributed by atoms with van der Waals surface area (Å²) in [6, 6.07) is 1.25. The molecule has 0 fully saturated rings. The lowest BCUT2D eigenvalue weighted by atomic mass is 10.2. The van der Waals surface area contributed by atoms with Crippen LogP contribution in [0.5, 0.6) is 0 Å². The Morgan fingerprint density at radius 3 is 2.70 bits per heavy atom. The maximum absolute atomic E-state index is 11.9. The van der Waals surface area contributed by atoms with E-state index >= 15 is 0 Å². The fourth-order valence-corrected chi connectivity index (χ4v) is 3.20. The highest BCUT2D eigenvalue weighted by Crippen LogP contribution is 2.19. The molecule has 0 radical (unpaired) electrons. The van der Waals surface area contributed by atoms with Crippen LogP contribution in [0, 0.1) is 13.8 Å². The van der Waals surface area contributed by atoms with Crippen LogP contribution < -0.4 is 10.5 Å². The summed E-state index contributed by atoms with van der Waals surface area (Å²) in [4.78, 5) is 11.9. The fraction of sp³-hybridized carbons (Fsp3) is 0.273. The number of sulfonamides is 1. The molecule has 20 heavy (non-hydrogen) atoms. The molecule has 9 heteroatoms. The second-order valence-electron chi connectivity index (χ2n) is 4.18. The van der Waals surface area contributed by atoms with Gasteiger partial charge in [0.1, 0.15) is 9.97 Å². The molecule has 2 aromatic heterocycles. The van der Waals surface area contributed by atoms with E-state index in [2.05, 4.69) is 10.5 Å². The average Bonchev–Trinajstić information content (AvgIpc) is 2.95. The number of carbonyl (C=O) groups is 1. The van der Waals surface area contributed by atoms with Crippen molar-refractivity contribution < 1.29 is 17.7 Å². The van der Waals surface area contributed by atoms with Gasteiger partial charge in [0.05, 0.1) is 11.3 Å². The minimum absolute atomic E-state index is 0.0417. The number of hydrogen-bond acceptors (Lipinski definition) is 6. The Morgan fingerprint density at radius 1 is 1.50 bits per heavy atom. The van der Waals surface area contributed by atoms with Crippen LogP contribution in [-0.2, 0) is 16.6 Å². The van der Waals surface area contributed by atoms with Crippen molar-refractivity contribution in [2.45, 2.75) is 24.6 Å². The number of nitrogens with two attached hydrogens (primary N) is 1. The highest BCUT2D eigenvalue weighted by Gasteiger charge is 2.16. The van der Waals surface area contributed by atoms with E-state index in [1.54, 1.807) is 13.8 Å². The van der Waals surface area contributed by atoms with Gasteiger partial charge < -0.3 is 9.84 Å². The van der Waals surface area contributed by atoms with Crippen molar-refractivity contribution in [1.29, 1.82) is 0 Å². The zero-order valence-electron chi connectivity index (χ0n) is 10.8. The van der Waals surface area contributed by atoms with Crippen LogP contribution in [0.2, 0.25) is 0 Å². The normalized spacial score (nSPS) is 11.6. The summed E-state index contributed by atoms with van der Waals surface area (Å²) in [5.41, 5.74) is 1.77. The van der Waals surface area contributed by atoms with E-state index in [9.17, 15) is 13.2 Å². The van der Waals surface area contributed by atoms with Crippen molar-refractivity contribution in [3.63, 3.8) is 0 Å². The first kappa shape index (κ1) is 14.7. The Kier molecular flexibility index (Phi) is 3.93.